The number of para-hydroxylation sites is 1. The Morgan fingerprint density at radius 1 is 1.10 bits per heavy atom. The zero-order valence-electron chi connectivity index (χ0n) is 17.2. The number of hydrogen-bond acceptors (Lipinski definition) is 7. The van der Waals surface area contributed by atoms with Gasteiger partial charge in [-0.15, -0.1) is 10.2 Å². The molecule has 2 atom stereocenters. The molecule has 0 aliphatic rings. The van der Waals surface area contributed by atoms with Crippen molar-refractivity contribution in [3.63, 3.8) is 0 Å². The molecule has 6 nitrogen and oxygen atoms in total. The molecule has 0 saturated heterocycles. The quantitative estimate of drug-likeness (QED) is 0.459. The van der Waals surface area contributed by atoms with Crippen LogP contribution in [0.4, 0.5) is 0 Å². The molecule has 0 bridgehead atoms. The molecular formula is C23H27N3O3S. The van der Waals surface area contributed by atoms with E-state index in [4.69, 9.17) is 4.74 Å². The average molecular weight is 426 g/mol. The highest BCUT2D eigenvalue weighted by molar-refractivity contribution is 7.12. The van der Waals surface area contributed by atoms with Crippen molar-refractivity contribution in [3.8, 4) is 11.5 Å². The second-order valence-electron chi connectivity index (χ2n) is 7.18. The number of aromatic nitrogens is 2. The number of phenolic OH excluding ortho intramolecular Hbond substituents is 1. The van der Waals surface area contributed by atoms with Gasteiger partial charge in [0.1, 0.15) is 34.2 Å². The normalized spacial score (nSPS) is 13.4. The van der Waals surface area contributed by atoms with Gasteiger partial charge in [0.25, 0.3) is 0 Å². The predicted molar refractivity (Wildman–Crippen MR) is 121 cm³/mol. The van der Waals surface area contributed by atoms with Crippen LogP contribution in [0, 0.1) is 6.92 Å². The van der Waals surface area contributed by atoms with Gasteiger partial charge < -0.3 is 20.3 Å². The SMILES string of the molecule is Cc1nnc(/C=C/c2ccccc2OCC(O)CNC(C)Cc2ccc(O)cc2)s1. The third-order valence-corrected chi connectivity index (χ3v) is 5.28. The van der Waals surface area contributed by atoms with E-state index >= 15 is 0 Å². The lowest BCUT2D eigenvalue weighted by atomic mass is 10.1. The van der Waals surface area contributed by atoms with E-state index in [9.17, 15) is 10.2 Å². The number of rotatable bonds is 10. The molecule has 2 aromatic carbocycles. The van der Waals surface area contributed by atoms with Crippen molar-refractivity contribution in [2.75, 3.05) is 13.2 Å². The highest BCUT2D eigenvalue weighted by atomic mass is 32.1. The average Bonchev–Trinajstić information content (AvgIpc) is 3.16. The molecule has 3 aromatic rings. The minimum absolute atomic E-state index is 0.190. The van der Waals surface area contributed by atoms with Gasteiger partial charge in [-0.3, -0.25) is 0 Å². The van der Waals surface area contributed by atoms with Crippen LogP contribution in [0.15, 0.2) is 48.5 Å². The van der Waals surface area contributed by atoms with Crippen LogP contribution in [-0.2, 0) is 6.42 Å². The first-order valence-corrected chi connectivity index (χ1v) is 10.7. The number of benzene rings is 2. The van der Waals surface area contributed by atoms with Crippen LogP contribution < -0.4 is 10.1 Å². The molecule has 0 fully saturated rings. The molecule has 3 rings (SSSR count). The summed E-state index contributed by atoms with van der Waals surface area (Å²) in [6.07, 6.45) is 4.04. The Labute approximate surface area is 180 Å². The molecule has 2 unspecified atom stereocenters. The second kappa shape index (κ2) is 10.9. The van der Waals surface area contributed by atoms with Crippen LogP contribution in [0.2, 0.25) is 0 Å². The second-order valence-corrected chi connectivity index (χ2v) is 8.39. The van der Waals surface area contributed by atoms with Gasteiger partial charge in [0.15, 0.2) is 0 Å². The molecule has 0 saturated carbocycles. The van der Waals surface area contributed by atoms with E-state index in [1.165, 1.54) is 11.3 Å². The van der Waals surface area contributed by atoms with Crippen molar-refractivity contribution in [1.82, 2.24) is 15.5 Å². The summed E-state index contributed by atoms with van der Waals surface area (Å²) >= 11 is 1.53. The summed E-state index contributed by atoms with van der Waals surface area (Å²) in [5.41, 5.74) is 2.05. The number of aryl methyl sites for hydroxylation is 1. The van der Waals surface area contributed by atoms with Crippen molar-refractivity contribution in [3.05, 3.63) is 69.7 Å². The molecule has 3 N–H and O–H groups in total. The molecule has 1 heterocycles. The van der Waals surface area contributed by atoms with Gasteiger partial charge in [-0.1, -0.05) is 41.7 Å². The fourth-order valence-electron chi connectivity index (χ4n) is 2.93. The number of aromatic hydroxyl groups is 1. The lowest BCUT2D eigenvalue weighted by molar-refractivity contribution is 0.104. The van der Waals surface area contributed by atoms with E-state index in [0.29, 0.717) is 12.3 Å². The fourth-order valence-corrected chi connectivity index (χ4v) is 3.53. The largest absolute Gasteiger partial charge is 0.508 e. The Balaban J connectivity index is 1.46. The molecule has 7 heteroatoms. The maximum absolute atomic E-state index is 10.3. The summed E-state index contributed by atoms with van der Waals surface area (Å²) in [4.78, 5) is 0. The highest BCUT2D eigenvalue weighted by Crippen LogP contribution is 2.21. The first-order chi connectivity index (χ1) is 14.5. The zero-order chi connectivity index (χ0) is 21.3. The van der Waals surface area contributed by atoms with E-state index in [0.717, 1.165) is 27.6 Å². The van der Waals surface area contributed by atoms with Crippen LogP contribution in [0.25, 0.3) is 12.2 Å². The topological polar surface area (TPSA) is 87.5 Å². The van der Waals surface area contributed by atoms with Crippen LogP contribution in [0.5, 0.6) is 11.5 Å². The van der Waals surface area contributed by atoms with Gasteiger partial charge in [-0.2, -0.15) is 0 Å². The number of ether oxygens (including phenoxy) is 1. The van der Waals surface area contributed by atoms with Gasteiger partial charge in [0.05, 0.1) is 0 Å². The van der Waals surface area contributed by atoms with Gasteiger partial charge in [-0.25, -0.2) is 0 Å². The van der Waals surface area contributed by atoms with Crippen LogP contribution in [0.3, 0.4) is 0 Å². The first kappa shape index (κ1) is 22.0. The van der Waals surface area contributed by atoms with E-state index < -0.39 is 6.10 Å². The van der Waals surface area contributed by atoms with Crippen molar-refractivity contribution in [2.45, 2.75) is 32.4 Å². The van der Waals surface area contributed by atoms with Crippen molar-refractivity contribution >= 4 is 23.5 Å². The molecule has 0 spiro atoms. The van der Waals surface area contributed by atoms with Gasteiger partial charge in [0.2, 0.25) is 0 Å². The molecule has 1 aromatic heterocycles. The third kappa shape index (κ3) is 6.95. The lowest BCUT2D eigenvalue weighted by Gasteiger charge is -2.18. The number of phenols is 1. The Bertz CT molecular complexity index is 956. The number of hydrogen-bond donors (Lipinski definition) is 3. The Morgan fingerprint density at radius 3 is 2.60 bits per heavy atom. The standard InChI is InChI=1S/C23H27N3O3S/c1-16(13-18-7-10-20(27)11-8-18)24-14-21(28)15-29-22-6-4-3-5-19(22)9-12-23-26-25-17(2)30-23/h3-12,16,21,24,27-28H,13-15H2,1-2H3/b12-9+. The summed E-state index contributed by atoms with van der Waals surface area (Å²) in [7, 11) is 0. The third-order valence-electron chi connectivity index (χ3n) is 4.48. The van der Waals surface area contributed by atoms with E-state index in [2.05, 4.69) is 22.4 Å². The minimum atomic E-state index is -0.630. The van der Waals surface area contributed by atoms with Crippen LogP contribution in [0.1, 0.15) is 28.1 Å². The number of aliphatic hydroxyl groups excluding tert-OH is 1. The predicted octanol–water partition coefficient (Wildman–Crippen LogP) is 3.68. The Morgan fingerprint density at radius 2 is 1.87 bits per heavy atom. The summed E-state index contributed by atoms with van der Waals surface area (Å²) in [6, 6.07) is 15.1. The maximum atomic E-state index is 10.3. The molecule has 0 aliphatic heterocycles. The zero-order valence-corrected chi connectivity index (χ0v) is 18.0. The first-order valence-electron chi connectivity index (χ1n) is 9.89. The van der Waals surface area contributed by atoms with Gasteiger partial charge in [-0.05, 0) is 56.2 Å². The monoisotopic (exact) mass is 425 g/mol. The van der Waals surface area contributed by atoms with E-state index in [1.807, 2.05) is 55.5 Å². The molecule has 0 aliphatic carbocycles. The van der Waals surface area contributed by atoms with Crippen molar-refractivity contribution in [2.24, 2.45) is 0 Å². The summed E-state index contributed by atoms with van der Waals surface area (Å²) in [5, 5.41) is 32.9. The van der Waals surface area contributed by atoms with Gasteiger partial charge in [0, 0.05) is 18.2 Å². The summed E-state index contributed by atoms with van der Waals surface area (Å²) in [6.45, 7) is 4.62. The molecule has 0 amide bonds. The van der Waals surface area contributed by atoms with E-state index in [-0.39, 0.29) is 18.4 Å². The number of aliphatic hydroxyl groups is 1. The number of nitrogens with one attached hydrogen (secondary N) is 1. The minimum Gasteiger partial charge on any atom is -0.508 e. The van der Waals surface area contributed by atoms with Crippen molar-refractivity contribution in [1.29, 1.82) is 0 Å². The molecule has 158 valence electrons. The van der Waals surface area contributed by atoms with E-state index in [1.54, 1.807) is 12.1 Å². The fraction of sp³-hybridized carbons (Fsp3) is 0.304. The van der Waals surface area contributed by atoms with Crippen LogP contribution in [-0.4, -0.2) is 45.7 Å². The molecule has 0 radical (unpaired) electrons. The number of nitrogens with zero attached hydrogens (tertiary/aromatic N) is 2. The maximum Gasteiger partial charge on any atom is 0.140 e. The van der Waals surface area contributed by atoms with Crippen molar-refractivity contribution < 1.29 is 14.9 Å². The van der Waals surface area contributed by atoms with Crippen LogP contribution >= 0.6 is 11.3 Å². The Kier molecular flexibility index (Phi) is 7.96. The summed E-state index contributed by atoms with van der Waals surface area (Å²) in [5.74, 6) is 0.978. The summed E-state index contributed by atoms with van der Waals surface area (Å²) < 4.78 is 5.85. The van der Waals surface area contributed by atoms with Gasteiger partial charge >= 0.3 is 0 Å². The molecule has 30 heavy (non-hydrogen) atoms. The Hall–Kier alpha value is -2.74. The molecular weight excluding hydrogens is 398 g/mol. The lowest BCUT2D eigenvalue weighted by Crippen LogP contribution is -2.37. The highest BCUT2D eigenvalue weighted by Gasteiger charge is 2.10. The smallest absolute Gasteiger partial charge is 0.140 e.